The molecule has 0 unspecified atom stereocenters. The van der Waals surface area contributed by atoms with Crippen molar-refractivity contribution in [1.29, 1.82) is 0 Å². The van der Waals surface area contributed by atoms with Gasteiger partial charge in [0.2, 0.25) is 11.8 Å². The summed E-state index contributed by atoms with van der Waals surface area (Å²) in [6.45, 7) is 1.78. The van der Waals surface area contributed by atoms with E-state index < -0.39 is 0 Å². The predicted octanol–water partition coefficient (Wildman–Crippen LogP) is 3.64. The normalized spacial score (nSPS) is 11.0. The Hall–Kier alpha value is -3.41. The lowest BCUT2D eigenvalue weighted by Gasteiger charge is -2.09. The van der Waals surface area contributed by atoms with E-state index in [9.17, 15) is 4.79 Å². The van der Waals surface area contributed by atoms with Crippen LogP contribution in [-0.2, 0) is 24.7 Å². The summed E-state index contributed by atoms with van der Waals surface area (Å²) < 4.78 is 7.24. The number of carbonyl (C=O) groups excluding carboxylic acids is 1. The number of aryl methyl sites for hydroxylation is 2. The second kappa shape index (κ2) is 7.07. The van der Waals surface area contributed by atoms with Crippen LogP contribution in [0, 0.1) is 6.92 Å². The molecule has 0 saturated carbocycles. The van der Waals surface area contributed by atoms with Gasteiger partial charge in [0.15, 0.2) is 5.82 Å². The molecule has 2 aromatic heterocycles. The summed E-state index contributed by atoms with van der Waals surface area (Å²) in [4.78, 5) is 16.9. The summed E-state index contributed by atoms with van der Waals surface area (Å²) in [6.07, 6.45) is 2.80. The summed E-state index contributed by atoms with van der Waals surface area (Å²) >= 11 is 0. The Bertz CT molecular complexity index is 1110. The van der Waals surface area contributed by atoms with Crippen LogP contribution in [-0.4, -0.2) is 20.6 Å². The van der Waals surface area contributed by atoms with E-state index in [2.05, 4.69) is 21.5 Å². The largest absolute Gasteiger partial charge is 0.350 e. The maximum Gasteiger partial charge on any atom is 0.231 e. The molecule has 0 spiro atoms. The molecule has 4 rings (SSSR count). The topological polar surface area (TPSA) is 73.0 Å². The van der Waals surface area contributed by atoms with Crippen LogP contribution >= 0.6 is 0 Å². The maximum atomic E-state index is 12.7. The van der Waals surface area contributed by atoms with Crippen LogP contribution in [0.2, 0.25) is 0 Å². The van der Waals surface area contributed by atoms with Crippen molar-refractivity contribution < 1.29 is 9.32 Å². The summed E-state index contributed by atoms with van der Waals surface area (Å²) in [6, 6.07) is 15.8. The highest BCUT2D eigenvalue weighted by atomic mass is 16.5. The average Bonchev–Trinajstić information content (AvgIpc) is 3.20. The Morgan fingerprint density at radius 3 is 2.70 bits per heavy atom. The molecule has 4 aromatic rings. The number of hydrogen-bond donors (Lipinski definition) is 1. The smallest absolute Gasteiger partial charge is 0.231 e. The van der Waals surface area contributed by atoms with Gasteiger partial charge in [0.25, 0.3) is 0 Å². The first-order chi connectivity index (χ1) is 13.1. The van der Waals surface area contributed by atoms with E-state index in [0.717, 1.165) is 27.7 Å². The van der Waals surface area contributed by atoms with Gasteiger partial charge in [-0.05, 0) is 30.2 Å². The third-order valence-corrected chi connectivity index (χ3v) is 4.53. The Labute approximate surface area is 156 Å². The third-order valence-electron chi connectivity index (χ3n) is 4.53. The predicted molar refractivity (Wildman–Crippen MR) is 104 cm³/mol. The SMILES string of the molecule is Cc1noc(Cc2ccccc2NC(=O)Cc2cn(C)c3ccccc23)n1. The molecule has 0 saturated heterocycles. The summed E-state index contributed by atoms with van der Waals surface area (Å²) in [5, 5.41) is 7.94. The minimum atomic E-state index is -0.0551. The maximum absolute atomic E-state index is 12.7. The van der Waals surface area contributed by atoms with Crippen LogP contribution in [0.5, 0.6) is 0 Å². The molecule has 27 heavy (non-hydrogen) atoms. The van der Waals surface area contributed by atoms with Crippen molar-refractivity contribution in [2.45, 2.75) is 19.8 Å². The van der Waals surface area contributed by atoms with E-state index in [4.69, 9.17) is 4.52 Å². The zero-order chi connectivity index (χ0) is 18.8. The third kappa shape index (κ3) is 3.60. The molecular weight excluding hydrogens is 340 g/mol. The first kappa shape index (κ1) is 17.0. The first-order valence-corrected chi connectivity index (χ1v) is 8.80. The molecule has 0 aliphatic rings. The highest BCUT2D eigenvalue weighted by molar-refractivity contribution is 5.96. The number of carbonyl (C=O) groups is 1. The number of para-hydroxylation sites is 2. The van der Waals surface area contributed by atoms with E-state index in [0.29, 0.717) is 24.6 Å². The molecule has 0 aliphatic carbocycles. The number of nitrogens with one attached hydrogen (secondary N) is 1. The molecule has 0 aliphatic heterocycles. The molecule has 0 atom stereocenters. The lowest BCUT2D eigenvalue weighted by atomic mass is 10.1. The van der Waals surface area contributed by atoms with Gasteiger partial charge >= 0.3 is 0 Å². The first-order valence-electron chi connectivity index (χ1n) is 8.80. The van der Waals surface area contributed by atoms with E-state index in [1.807, 2.05) is 60.3 Å². The molecule has 6 heteroatoms. The van der Waals surface area contributed by atoms with E-state index >= 15 is 0 Å². The van der Waals surface area contributed by atoms with Gasteiger partial charge in [-0.25, -0.2) is 0 Å². The number of anilines is 1. The Morgan fingerprint density at radius 2 is 1.89 bits per heavy atom. The number of amides is 1. The lowest BCUT2D eigenvalue weighted by Crippen LogP contribution is -2.15. The fraction of sp³-hybridized carbons (Fsp3) is 0.190. The molecule has 6 nitrogen and oxygen atoms in total. The number of hydrogen-bond acceptors (Lipinski definition) is 4. The van der Waals surface area contributed by atoms with Crippen LogP contribution in [0.1, 0.15) is 22.8 Å². The number of rotatable bonds is 5. The molecule has 2 heterocycles. The van der Waals surface area contributed by atoms with Crippen LogP contribution in [0.15, 0.2) is 59.3 Å². The van der Waals surface area contributed by atoms with Gasteiger partial charge in [-0.15, -0.1) is 0 Å². The van der Waals surface area contributed by atoms with Crippen LogP contribution < -0.4 is 5.32 Å². The Morgan fingerprint density at radius 1 is 1.11 bits per heavy atom. The summed E-state index contributed by atoms with van der Waals surface area (Å²) in [5.41, 5.74) is 3.83. The summed E-state index contributed by atoms with van der Waals surface area (Å²) in [5.74, 6) is 1.08. The van der Waals surface area contributed by atoms with Gasteiger partial charge in [-0.3, -0.25) is 4.79 Å². The zero-order valence-corrected chi connectivity index (χ0v) is 15.3. The molecule has 1 N–H and O–H groups in total. The average molecular weight is 360 g/mol. The van der Waals surface area contributed by atoms with Gasteiger partial charge in [-0.1, -0.05) is 41.6 Å². The molecular formula is C21H20N4O2. The number of benzene rings is 2. The fourth-order valence-corrected chi connectivity index (χ4v) is 3.30. The van der Waals surface area contributed by atoms with Crippen LogP contribution in [0.4, 0.5) is 5.69 Å². The standard InChI is InChI=1S/C21H20N4O2/c1-14-22-21(27-24-14)12-15-7-3-5-9-18(15)23-20(26)11-16-13-25(2)19-10-6-4-8-17(16)19/h3-10,13H,11-12H2,1-2H3,(H,23,26). The van der Waals surface area contributed by atoms with Gasteiger partial charge in [0.05, 0.1) is 12.8 Å². The highest BCUT2D eigenvalue weighted by Gasteiger charge is 2.13. The van der Waals surface area contributed by atoms with Gasteiger partial charge < -0.3 is 14.4 Å². The van der Waals surface area contributed by atoms with Gasteiger partial charge in [0.1, 0.15) is 0 Å². The van der Waals surface area contributed by atoms with Crippen molar-refractivity contribution in [3.63, 3.8) is 0 Å². The highest BCUT2D eigenvalue weighted by Crippen LogP contribution is 2.22. The van der Waals surface area contributed by atoms with Crippen molar-refractivity contribution in [1.82, 2.24) is 14.7 Å². The summed E-state index contributed by atoms with van der Waals surface area (Å²) in [7, 11) is 1.99. The Balaban J connectivity index is 1.53. The van der Waals surface area contributed by atoms with Crippen molar-refractivity contribution in [3.05, 3.63) is 77.6 Å². The molecule has 0 radical (unpaired) electrons. The molecule has 2 aromatic carbocycles. The minimum Gasteiger partial charge on any atom is -0.350 e. The van der Waals surface area contributed by atoms with Crippen molar-refractivity contribution >= 4 is 22.5 Å². The van der Waals surface area contributed by atoms with Crippen molar-refractivity contribution in [2.24, 2.45) is 7.05 Å². The second-order valence-corrected chi connectivity index (χ2v) is 6.58. The monoisotopic (exact) mass is 360 g/mol. The number of aromatic nitrogens is 3. The van der Waals surface area contributed by atoms with Gasteiger partial charge in [0, 0.05) is 29.8 Å². The number of fused-ring (bicyclic) bond motifs is 1. The van der Waals surface area contributed by atoms with E-state index in [1.165, 1.54) is 0 Å². The lowest BCUT2D eigenvalue weighted by molar-refractivity contribution is -0.115. The number of nitrogens with zero attached hydrogens (tertiary/aromatic N) is 3. The molecule has 1 amide bonds. The van der Waals surface area contributed by atoms with Gasteiger partial charge in [-0.2, -0.15) is 4.98 Å². The van der Waals surface area contributed by atoms with E-state index in [-0.39, 0.29) is 5.91 Å². The van der Waals surface area contributed by atoms with E-state index in [1.54, 1.807) is 6.92 Å². The second-order valence-electron chi connectivity index (χ2n) is 6.58. The minimum absolute atomic E-state index is 0.0551. The quantitative estimate of drug-likeness (QED) is 0.590. The fourth-order valence-electron chi connectivity index (χ4n) is 3.30. The molecule has 0 bridgehead atoms. The Kier molecular flexibility index (Phi) is 4.46. The molecule has 0 fully saturated rings. The van der Waals surface area contributed by atoms with Crippen molar-refractivity contribution in [2.75, 3.05) is 5.32 Å². The van der Waals surface area contributed by atoms with Crippen LogP contribution in [0.3, 0.4) is 0 Å². The molecule has 136 valence electrons. The zero-order valence-electron chi connectivity index (χ0n) is 15.3. The van der Waals surface area contributed by atoms with Crippen LogP contribution in [0.25, 0.3) is 10.9 Å². The van der Waals surface area contributed by atoms with Crippen molar-refractivity contribution in [3.8, 4) is 0 Å².